The summed E-state index contributed by atoms with van der Waals surface area (Å²) in [6, 6.07) is 14.7. The zero-order chi connectivity index (χ0) is 20.9. The molecule has 0 bridgehead atoms. The van der Waals surface area contributed by atoms with Crippen LogP contribution in [0.5, 0.6) is 11.5 Å². The van der Waals surface area contributed by atoms with Gasteiger partial charge in [0.05, 0.1) is 13.2 Å². The Bertz CT molecular complexity index is 692. The molecule has 0 saturated heterocycles. The normalized spacial score (nSPS) is 10.5. The number of unbranched alkanes of at least 4 members (excludes halogenated alkanes) is 6. The number of rotatable bonds is 14. The standard InChI is InChI=1S/C23H32N4O2/c24-22(25)18-8-12-20(13-9-18)28-16-6-4-2-1-3-5-7-17-29-21-14-10-19(11-15-21)23(26)27/h8-15H,1-7,16-17H2,(H3,24,25)(H3,26,27). The maximum Gasteiger partial charge on any atom is 0.122 e. The first-order chi connectivity index (χ1) is 14.1. The number of hydrogen-bond acceptors (Lipinski definition) is 4. The number of ether oxygens (including phenoxy) is 2. The summed E-state index contributed by atoms with van der Waals surface area (Å²) in [5.74, 6) is 1.80. The largest absolute Gasteiger partial charge is 0.494 e. The summed E-state index contributed by atoms with van der Waals surface area (Å²) in [6.45, 7) is 1.44. The molecule has 0 spiro atoms. The highest BCUT2D eigenvalue weighted by atomic mass is 16.5. The summed E-state index contributed by atoms with van der Waals surface area (Å²) in [5.41, 5.74) is 12.3. The van der Waals surface area contributed by atoms with Gasteiger partial charge in [-0.1, -0.05) is 32.1 Å². The van der Waals surface area contributed by atoms with Crippen LogP contribution in [0.15, 0.2) is 48.5 Å². The second kappa shape index (κ2) is 12.4. The van der Waals surface area contributed by atoms with Crippen molar-refractivity contribution in [3.8, 4) is 11.5 Å². The summed E-state index contributed by atoms with van der Waals surface area (Å²) in [6.07, 6.45) is 8.12. The monoisotopic (exact) mass is 396 g/mol. The number of nitrogen functional groups attached to an aromatic ring is 2. The number of benzene rings is 2. The Morgan fingerprint density at radius 1 is 0.552 bits per heavy atom. The van der Waals surface area contributed by atoms with Gasteiger partial charge in [-0.25, -0.2) is 0 Å². The maximum absolute atomic E-state index is 7.37. The van der Waals surface area contributed by atoms with E-state index in [4.69, 9.17) is 31.8 Å². The van der Waals surface area contributed by atoms with Gasteiger partial charge >= 0.3 is 0 Å². The molecule has 0 fully saturated rings. The quantitative estimate of drug-likeness (QED) is 0.214. The van der Waals surface area contributed by atoms with E-state index in [1.54, 1.807) is 0 Å². The highest BCUT2D eigenvalue weighted by Crippen LogP contribution is 2.15. The molecular formula is C23H32N4O2. The third kappa shape index (κ3) is 8.68. The Morgan fingerprint density at radius 3 is 1.17 bits per heavy atom. The predicted octanol–water partition coefficient (Wildman–Crippen LogP) is 4.44. The van der Waals surface area contributed by atoms with E-state index >= 15 is 0 Å². The van der Waals surface area contributed by atoms with Crippen molar-refractivity contribution in [3.05, 3.63) is 59.7 Å². The van der Waals surface area contributed by atoms with E-state index in [0.29, 0.717) is 11.1 Å². The minimum atomic E-state index is 0.0754. The molecule has 29 heavy (non-hydrogen) atoms. The molecule has 0 radical (unpaired) electrons. The van der Waals surface area contributed by atoms with E-state index in [2.05, 4.69) is 0 Å². The van der Waals surface area contributed by atoms with Gasteiger partial charge in [0, 0.05) is 11.1 Å². The summed E-state index contributed by atoms with van der Waals surface area (Å²) in [5, 5.41) is 14.7. The van der Waals surface area contributed by atoms with Crippen LogP contribution in [0.2, 0.25) is 0 Å². The zero-order valence-corrected chi connectivity index (χ0v) is 17.0. The zero-order valence-electron chi connectivity index (χ0n) is 17.0. The van der Waals surface area contributed by atoms with Gasteiger partial charge in [0.1, 0.15) is 23.2 Å². The molecule has 0 saturated carbocycles. The first kappa shape index (κ1) is 22.3. The molecule has 6 N–H and O–H groups in total. The molecule has 6 nitrogen and oxygen atoms in total. The van der Waals surface area contributed by atoms with E-state index in [9.17, 15) is 0 Å². The average molecular weight is 397 g/mol. The molecule has 2 rings (SSSR count). The van der Waals surface area contributed by atoms with Gasteiger partial charge in [-0.15, -0.1) is 0 Å². The van der Waals surface area contributed by atoms with E-state index in [-0.39, 0.29) is 11.7 Å². The molecule has 0 amide bonds. The van der Waals surface area contributed by atoms with Crippen molar-refractivity contribution in [2.24, 2.45) is 11.5 Å². The molecule has 2 aromatic carbocycles. The predicted molar refractivity (Wildman–Crippen MR) is 118 cm³/mol. The van der Waals surface area contributed by atoms with Crippen LogP contribution in [0, 0.1) is 10.8 Å². The number of hydrogen-bond donors (Lipinski definition) is 4. The van der Waals surface area contributed by atoms with Crippen LogP contribution in [-0.4, -0.2) is 24.9 Å². The van der Waals surface area contributed by atoms with Crippen molar-refractivity contribution in [2.75, 3.05) is 13.2 Å². The van der Waals surface area contributed by atoms with Crippen LogP contribution in [0.1, 0.15) is 56.1 Å². The van der Waals surface area contributed by atoms with E-state index in [1.807, 2.05) is 48.5 Å². The minimum absolute atomic E-state index is 0.0754. The fraction of sp³-hybridized carbons (Fsp3) is 0.391. The number of nitrogens with one attached hydrogen (secondary N) is 2. The van der Waals surface area contributed by atoms with Crippen LogP contribution >= 0.6 is 0 Å². The summed E-state index contributed by atoms with van der Waals surface area (Å²) in [7, 11) is 0. The van der Waals surface area contributed by atoms with Crippen LogP contribution < -0.4 is 20.9 Å². The summed E-state index contributed by atoms with van der Waals surface area (Å²) >= 11 is 0. The van der Waals surface area contributed by atoms with Gasteiger partial charge in [0.25, 0.3) is 0 Å². The smallest absolute Gasteiger partial charge is 0.122 e. The molecule has 156 valence electrons. The highest BCUT2D eigenvalue weighted by Gasteiger charge is 1.99. The Hall–Kier alpha value is -3.02. The average Bonchev–Trinajstić information content (AvgIpc) is 2.72. The summed E-state index contributed by atoms with van der Waals surface area (Å²) in [4.78, 5) is 0. The Kier molecular flexibility index (Phi) is 9.55. The van der Waals surface area contributed by atoms with Gasteiger partial charge in [-0.05, 0) is 61.4 Å². The lowest BCUT2D eigenvalue weighted by Gasteiger charge is -2.08. The molecule has 0 atom stereocenters. The third-order valence-electron chi connectivity index (χ3n) is 4.66. The molecule has 2 aromatic rings. The first-order valence-corrected chi connectivity index (χ1v) is 10.2. The van der Waals surface area contributed by atoms with Crippen LogP contribution in [-0.2, 0) is 0 Å². The third-order valence-corrected chi connectivity index (χ3v) is 4.66. The van der Waals surface area contributed by atoms with Crippen LogP contribution in [0.25, 0.3) is 0 Å². The molecule has 0 unspecified atom stereocenters. The Balaban J connectivity index is 1.42. The van der Waals surface area contributed by atoms with E-state index in [0.717, 1.165) is 37.6 Å². The van der Waals surface area contributed by atoms with Crippen molar-refractivity contribution in [3.63, 3.8) is 0 Å². The molecule has 6 heteroatoms. The van der Waals surface area contributed by atoms with E-state index < -0.39 is 0 Å². The fourth-order valence-electron chi connectivity index (χ4n) is 2.93. The van der Waals surface area contributed by atoms with Crippen molar-refractivity contribution in [1.82, 2.24) is 0 Å². The SMILES string of the molecule is N=C(N)c1ccc(OCCCCCCCCCOc2ccc(C(=N)N)cc2)cc1. The van der Waals surface area contributed by atoms with Gasteiger partial charge in [0.2, 0.25) is 0 Å². The van der Waals surface area contributed by atoms with Gasteiger partial charge < -0.3 is 20.9 Å². The van der Waals surface area contributed by atoms with Crippen LogP contribution in [0.4, 0.5) is 0 Å². The molecule has 0 aliphatic carbocycles. The van der Waals surface area contributed by atoms with Gasteiger partial charge in [0.15, 0.2) is 0 Å². The molecular weight excluding hydrogens is 364 g/mol. The second-order valence-electron chi connectivity index (χ2n) is 7.05. The summed E-state index contributed by atoms with van der Waals surface area (Å²) < 4.78 is 11.4. The lowest BCUT2D eigenvalue weighted by molar-refractivity contribution is 0.299. The minimum Gasteiger partial charge on any atom is -0.494 e. The number of amidine groups is 2. The van der Waals surface area contributed by atoms with Crippen LogP contribution in [0.3, 0.4) is 0 Å². The maximum atomic E-state index is 7.37. The Labute approximate surface area is 173 Å². The molecule has 0 aromatic heterocycles. The fourth-order valence-corrected chi connectivity index (χ4v) is 2.93. The molecule has 0 aliphatic heterocycles. The first-order valence-electron chi connectivity index (χ1n) is 10.2. The highest BCUT2D eigenvalue weighted by molar-refractivity contribution is 5.95. The molecule has 0 aliphatic rings. The van der Waals surface area contributed by atoms with Crippen molar-refractivity contribution in [2.45, 2.75) is 44.9 Å². The van der Waals surface area contributed by atoms with Gasteiger partial charge in [-0.2, -0.15) is 0 Å². The number of nitrogens with two attached hydrogens (primary N) is 2. The van der Waals surface area contributed by atoms with Crippen molar-refractivity contribution < 1.29 is 9.47 Å². The lowest BCUT2D eigenvalue weighted by atomic mass is 10.1. The van der Waals surface area contributed by atoms with Crippen molar-refractivity contribution >= 4 is 11.7 Å². The molecule has 0 heterocycles. The van der Waals surface area contributed by atoms with E-state index in [1.165, 1.54) is 32.1 Å². The van der Waals surface area contributed by atoms with Gasteiger partial charge in [-0.3, -0.25) is 10.8 Å². The Morgan fingerprint density at radius 2 is 0.862 bits per heavy atom. The van der Waals surface area contributed by atoms with Crippen molar-refractivity contribution in [1.29, 1.82) is 10.8 Å². The second-order valence-corrected chi connectivity index (χ2v) is 7.05. The topological polar surface area (TPSA) is 118 Å². The lowest BCUT2D eigenvalue weighted by Crippen LogP contribution is -2.10.